The zero-order valence-corrected chi connectivity index (χ0v) is 15.7. The molecular weight excluding hydrogens is 360 g/mol. The predicted octanol–water partition coefficient (Wildman–Crippen LogP) is 3.80. The lowest BCUT2D eigenvalue weighted by Crippen LogP contribution is -2.05. The lowest BCUT2D eigenvalue weighted by Gasteiger charge is -2.07. The van der Waals surface area contributed by atoms with Gasteiger partial charge in [-0.25, -0.2) is 0 Å². The van der Waals surface area contributed by atoms with Gasteiger partial charge in [-0.15, -0.1) is 0 Å². The number of allylic oxidation sites excluding steroid dienone is 7. The molecule has 146 valence electrons. The van der Waals surface area contributed by atoms with Gasteiger partial charge in [0.1, 0.15) is 5.76 Å². The van der Waals surface area contributed by atoms with Crippen LogP contribution in [0.3, 0.4) is 0 Å². The number of carbonyl (C=O) groups excluding carboxylic acids is 2. The molecule has 0 heterocycles. The third-order valence-corrected chi connectivity index (χ3v) is 3.77. The van der Waals surface area contributed by atoms with Crippen molar-refractivity contribution in [2.24, 2.45) is 0 Å². The van der Waals surface area contributed by atoms with Gasteiger partial charge in [-0.3, -0.25) is 9.59 Å². The second-order valence-corrected chi connectivity index (χ2v) is 5.85. The number of aromatic hydroxyl groups is 1. The molecular formula is C22H22O6. The van der Waals surface area contributed by atoms with Crippen LogP contribution in [0.4, 0.5) is 0 Å². The summed E-state index contributed by atoms with van der Waals surface area (Å²) in [7, 11) is 1.41. The summed E-state index contributed by atoms with van der Waals surface area (Å²) >= 11 is 0. The molecule has 0 atom stereocenters. The summed E-state index contributed by atoms with van der Waals surface area (Å²) in [6.07, 6.45) is 10.3. The maximum Gasteiger partial charge on any atom is 0.220 e. The van der Waals surface area contributed by atoms with E-state index in [2.05, 4.69) is 0 Å². The topological polar surface area (TPSA) is 93.1 Å². The molecule has 1 aromatic rings. The van der Waals surface area contributed by atoms with Crippen LogP contribution in [0.2, 0.25) is 0 Å². The lowest BCUT2D eigenvalue weighted by molar-refractivity contribution is -0.114. The average molecular weight is 382 g/mol. The van der Waals surface area contributed by atoms with Crippen molar-refractivity contribution in [2.45, 2.75) is 13.3 Å². The monoisotopic (exact) mass is 382 g/mol. The fourth-order valence-electron chi connectivity index (χ4n) is 2.39. The number of aliphatic hydroxyl groups excluding tert-OH is 1. The van der Waals surface area contributed by atoms with E-state index in [0.717, 1.165) is 6.08 Å². The molecule has 6 nitrogen and oxygen atoms in total. The van der Waals surface area contributed by atoms with E-state index in [1.807, 2.05) is 6.92 Å². The zero-order valence-electron chi connectivity index (χ0n) is 15.7. The van der Waals surface area contributed by atoms with Crippen molar-refractivity contribution < 1.29 is 29.3 Å². The van der Waals surface area contributed by atoms with Crippen LogP contribution in [0, 0.1) is 0 Å². The number of rotatable bonds is 8. The molecule has 1 aliphatic carbocycles. The van der Waals surface area contributed by atoms with Crippen LogP contribution in [0.5, 0.6) is 11.5 Å². The predicted molar refractivity (Wildman–Crippen MR) is 106 cm³/mol. The van der Waals surface area contributed by atoms with Crippen LogP contribution in [-0.4, -0.2) is 35.5 Å². The molecule has 0 spiro atoms. The third kappa shape index (κ3) is 6.02. The maximum absolute atomic E-state index is 12.0. The van der Waals surface area contributed by atoms with Crippen LogP contribution >= 0.6 is 0 Å². The molecule has 1 aliphatic rings. The SMILES string of the molecule is CCOc1cc(C=CC(O)=CC(=O)CC=C2C=CC(=O)C(OC)=C2)ccc1O. The summed E-state index contributed by atoms with van der Waals surface area (Å²) < 4.78 is 10.3. The molecule has 2 N–H and O–H groups in total. The summed E-state index contributed by atoms with van der Waals surface area (Å²) in [6, 6.07) is 4.78. The van der Waals surface area contributed by atoms with Crippen LogP contribution < -0.4 is 4.74 Å². The first-order chi connectivity index (χ1) is 13.4. The summed E-state index contributed by atoms with van der Waals surface area (Å²) in [5.41, 5.74) is 1.38. The van der Waals surface area contributed by atoms with Gasteiger partial charge in [-0.1, -0.05) is 24.3 Å². The minimum atomic E-state index is -0.298. The second kappa shape index (κ2) is 9.97. The molecule has 0 radical (unpaired) electrons. The first-order valence-corrected chi connectivity index (χ1v) is 8.68. The molecule has 0 unspecified atom stereocenters. The standard InChI is InChI=1S/C22H22O6/c1-3-28-22-13-16(7-11-20(22)26)5-9-18(24)14-17(23)8-4-15-6-10-19(25)21(12-15)27-2/h4-7,9-14,24,26H,3,8H2,1-2H3. The Morgan fingerprint density at radius 2 is 2.04 bits per heavy atom. The maximum atomic E-state index is 12.0. The largest absolute Gasteiger partial charge is 0.508 e. The van der Waals surface area contributed by atoms with E-state index < -0.39 is 0 Å². The van der Waals surface area contributed by atoms with Crippen LogP contribution in [0.15, 0.2) is 71.7 Å². The molecule has 0 aromatic heterocycles. The molecule has 0 fully saturated rings. The number of carbonyl (C=O) groups is 2. The zero-order chi connectivity index (χ0) is 20.5. The molecule has 0 saturated carbocycles. The molecule has 2 rings (SSSR count). The summed E-state index contributed by atoms with van der Waals surface area (Å²) in [6.45, 7) is 2.23. The highest BCUT2D eigenvalue weighted by molar-refractivity contribution is 6.04. The van der Waals surface area contributed by atoms with Gasteiger partial charge in [0, 0.05) is 12.5 Å². The Morgan fingerprint density at radius 3 is 2.75 bits per heavy atom. The number of aliphatic hydroxyl groups is 1. The van der Waals surface area contributed by atoms with E-state index in [1.165, 1.54) is 25.3 Å². The van der Waals surface area contributed by atoms with E-state index in [1.54, 1.807) is 36.4 Å². The smallest absolute Gasteiger partial charge is 0.220 e. The summed E-state index contributed by atoms with van der Waals surface area (Å²) in [5.74, 6) is -0.132. The van der Waals surface area contributed by atoms with Crippen LogP contribution in [-0.2, 0) is 14.3 Å². The highest BCUT2D eigenvalue weighted by Crippen LogP contribution is 2.27. The van der Waals surface area contributed by atoms with Crippen molar-refractivity contribution in [1.29, 1.82) is 0 Å². The molecule has 6 heteroatoms. The Balaban J connectivity index is 2.00. The summed E-state index contributed by atoms with van der Waals surface area (Å²) in [5, 5.41) is 19.6. The lowest BCUT2D eigenvalue weighted by atomic mass is 10.1. The van der Waals surface area contributed by atoms with E-state index >= 15 is 0 Å². The normalized spacial score (nSPS) is 15.8. The first-order valence-electron chi connectivity index (χ1n) is 8.68. The van der Waals surface area contributed by atoms with Gasteiger partial charge in [0.15, 0.2) is 23.0 Å². The van der Waals surface area contributed by atoms with Crippen molar-refractivity contribution in [3.05, 3.63) is 77.3 Å². The Morgan fingerprint density at radius 1 is 1.25 bits per heavy atom. The van der Waals surface area contributed by atoms with Gasteiger partial charge in [-0.05, 0) is 48.4 Å². The number of hydrogen-bond donors (Lipinski definition) is 2. The molecule has 0 aliphatic heterocycles. The van der Waals surface area contributed by atoms with Crippen molar-refractivity contribution in [1.82, 2.24) is 0 Å². The third-order valence-electron chi connectivity index (χ3n) is 3.77. The number of hydrogen-bond acceptors (Lipinski definition) is 6. The summed E-state index contributed by atoms with van der Waals surface area (Å²) in [4.78, 5) is 23.5. The minimum absolute atomic E-state index is 0.0334. The van der Waals surface area contributed by atoms with Crippen LogP contribution in [0.25, 0.3) is 6.08 Å². The average Bonchev–Trinajstić information content (AvgIpc) is 2.68. The molecule has 0 bridgehead atoms. The number of methoxy groups -OCH3 is 1. The van der Waals surface area contributed by atoms with Crippen LogP contribution in [0.1, 0.15) is 18.9 Å². The fraction of sp³-hybridized carbons (Fsp3) is 0.182. The van der Waals surface area contributed by atoms with Gasteiger partial charge >= 0.3 is 0 Å². The van der Waals surface area contributed by atoms with Crippen molar-refractivity contribution in [2.75, 3.05) is 13.7 Å². The quantitative estimate of drug-likeness (QED) is 0.404. The van der Waals surface area contributed by atoms with E-state index in [9.17, 15) is 19.8 Å². The highest BCUT2D eigenvalue weighted by atomic mass is 16.5. The molecule has 28 heavy (non-hydrogen) atoms. The number of ether oxygens (including phenoxy) is 2. The van der Waals surface area contributed by atoms with Crippen molar-refractivity contribution >= 4 is 17.6 Å². The van der Waals surface area contributed by atoms with E-state index in [0.29, 0.717) is 23.5 Å². The van der Waals surface area contributed by atoms with Gasteiger partial charge in [-0.2, -0.15) is 0 Å². The number of phenols is 1. The Kier molecular flexibility index (Phi) is 7.39. The van der Waals surface area contributed by atoms with E-state index in [-0.39, 0.29) is 35.3 Å². The van der Waals surface area contributed by atoms with Gasteiger partial charge in [0.2, 0.25) is 5.78 Å². The molecule has 0 saturated heterocycles. The van der Waals surface area contributed by atoms with Gasteiger partial charge < -0.3 is 19.7 Å². The number of benzene rings is 1. The minimum Gasteiger partial charge on any atom is -0.508 e. The van der Waals surface area contributed by atoms with Gasteiger partial charge in [0.05, 0.1) is 13.7 Å². The molecule has 1 aromatic carbocycles. The van der Waals surface area contributed by atoms with E-state index in [4.69, 9.17) is 9.47 Å². The Bertz CT molecular complexity index is 900. The number of ketones is 2. The first kappa shape index (κ1) is 20.8. The number of phenolic OH excluding ortho intramolecular Hbond substituents is 1. The molecule has 0 amide bonds. The Hall–Kier alpha value is -3.54. The van der Waals surface area contributed by atoms with Crippen molar-refractivity contribution in [3.63, 3.8) is 0 Å². The highest BCUT2D eigenvalue weighted by Gasteiger charge is 2.11. The Labute approximate surface area is 163 Å². The fourth-order valence-corrected chi connectivity index (χ4v) is 2.39. The van der Waals surface area contributed by atoms with Gasteiger partial charge in [0.25, 0.3) is 0 Å². The van der Waals surface area contributed by atoms with Crippen molar-refractivity contribution in [3.8, 4) is 11.5 Å². The second-order valence-electron chi connectivity index (χ2n) is 5.85.